The van der Waals surface area contributed by atoms with E-state index in [9.17, 15) is 9.59 Å². The number of amides is 3. The number of ether oxygens (including phenoxy) is 1. The monoisotopic (exact) mass is 380 g/mol. The quantitative estimate of drug-likeness (QED) is 0.889. The summed E-state index contributed by atoms with van der Waals surface area (Å²) in [7, 11) is 1.60. The molecule has 2 bridgehead atoms. The van der Waals surface area contributed by atoms with E-state index in [0.717, 1.165) is 12.8 Å². The average molecular weight is 380 g/mol. The van der Waals surface area contributed by atoms with Crippen molar-refractivity contribution >= 4 is 17.6 Å². The van der Waals surface area contributed by atoms with Crippen LogP contribution in [0.1, 0.15) is 23.2 Å². The number of carbonyl (C=O) groups is 2. The molecule has 0 spiro atoms. The fourth-order valence-electron chi connectivity index (χ4n) is 4.07. The molecule has 3 fully saturated rings. The largest absolute Gasteiger partial charge is 0.497 e. The van der Waals surface area contributed by atoms with Crippen molar-refractivity contribution < 1.29 is 14.3 Å². The Morgan fingerprint density at radius 2 is 1.93 bits per heavy atom. The number of nitrogens with one attached hydrogen (secondary N) is 1. The lowest BCUT2D eigenvalue weighted by atomic mass is 9.95. The van der Waals surface area contributed by atoms with Crippen molar-refractivity contribution in [3.63, 3.8) is 0 Å². The van der Waals surface area contributed by atoms with Crippen molar-refractivity contribution in [2.24, 2.45) is 5.92 Å². The van der Waals surface area contributed by atoms with E-state index in [0.29, 0.717) is 42.6 Å². The number of methoxy groups -OCH3 is 1. The second kappa shape index (κ2) is 7.88. The summed E-state index contributed by atoms with van der Waals surface area (Å²) in [6.45, 7) is 1.91. The fourth-order valence-corrected chi connectivity index (χ4v) is 4.07. The number of pyridine rings is 1. The Labute approximate surface area is 164 Å². The third-order valence-corrected chi connectivity index (χ3v) is 5.51. The Morgan fingerprint density at radius 3 is 2.71 bits per heavy atom. The van der Waals surface area contributed by atoms with E-state index >= 15 is 0 Å². The van der Waals surface area contributed by atoms with Crippen LogP contribution in [-0.4, -0.2) is 59.5 Å². The first-order chi connectivity index (χ1) is 13.6. The zero-order valence-electron chi connectivity index (χ0n) is 15.9. The molecular weight excluding hydrogens is 356 g/mol. The summed E-state index contributed by atoms with van der Waals surface area (Å²) in [4.78, 5) is 33.5. The molecule has 146 valence electrons. The van der Waals surface area contributed by atoms with Crippen LogP contribution >= 0.6 is 0 Å². The molecule has 0 radical (unpaired) electrons. The fraction of sp³-hybridized carbons (Fsp3) is 0.381. The summed E-state index contributed by atoms with van der Waals surface area (Å²) in [6, 6.07) is 10.7. The second-order valence-corrected chi connectivity index (χ2v) is 7.36. The summed E-state index contributed by atoms with van der Waals surface area (Å²) >= 11 is 0. The summed E-state index contributed by atoms with van der Waals surface area (Å²) < 4.78 is 5.22. The van der Waals surface area contributed by atoms with E-state index in [1.54, 1.807) is 37.7 Å². The van der Waals surface area contributed by atoms with Gasteiger partial charge in [-0.15, -0.1) is 0 Å². The number of anilines is 1. The SMILES string of the molecule is COc1cccc(NC(=O)N2C[C@H]3CC[C@@H]2CN(C(=O)c2ccncc2)C3)c1. The molecule has 0 unspecified atom stereocenters. The van der Waals surface area contributed by atoms with Crippen LogP contribution < -0.4 is 10.1 Å². The summed E-state index contributed by atoms with van der Waals surface area (Å²) in [6.07, 6.45) is 5.21. The molecule has 3 saturated heterocycles. The zero-order valence-corrected chi connectivity index (χ0v) is 15.9. The maximum atomic E-state index is 12.9. The molecule has 0 aliphatic carbocycles. The highest BCUT2D eigenvalue weighted by atomic mass is 16.5. The summed E-state index contributed by atoms with van der Waals surface area (Å²) in [5.74, 6) is 0.999. The van der Waals surface area contributed by atoms with Gasteiger partial charge < -0.3 is 19.9 Å². The topological polar surface area (TPSA) is 74.8 Å². The second-order valence-electron chi connectivity index (χ2n) is 7.36. The number of nitrogens with zero attached hydrogens (tertiary/aromatic N) is 3. The van der Waals surface area contributed by atoms with E-state index < -0.39 is 0 Å². The molecule has 1 aromatic carbocycles. The van der Waals surface area contributed by atoms with Crippen molar-refractivity contribution in [2.75, 3.05) is 32.1 Å². The molecule has 5 rings (SSSR count). The van der Waals surface area contributed by atoms with Gasteiger partial charge in [0.2, 0.25) is 0 Å². The lowest BCUT2D eigenvalue weighted by Gasteiger charge is -2.36. The Kier molecular flexibility index (Phi) is 5.14. The van der Waals surface area contributed by atoms with Gasteiger partial charge in [0, 0.05) is 49.3 Å². The standard InChI is InChI=1S/C21H24N4O3/c1-28-19-4-2-3-17(11-19)23-21(27)25-13-15-5-6-18(25)14-24(12-15)20(26)16-7-9-22-10-8-16/h2-4,7-11,15,18H,5-6,12-14H2,1H3,(H,23,27)/t15-,18+/m0/s1. The first kappa shape index (κ1) is 18.3. The summed E-state index contributed by atoms with van der Waals surface area (Å²) in [5, 5.41) is 2.97. The van der Waals surface area contributed by atoms with Gasteiger partial charge in [0.15, 0.2) is 0 Å². The van der Waals surface area contributed by atoms with Crippen LogP contribution in [0.4, 0.5) is 10.5 Å². The summed E-state index contributed by atoms with van der Waals surface area (Å²) in [5.41, 5.74) is 1.35. The van der Waals surface area contributed by atoms with Gasteiger partial charge in [-0.05, 0) is 43.0 Å². The molecule has 1 aromatic heterocycles. The Hall–Kier alpha value is -3.09. The number of hydrogen-bond donors (Lipinski definition) is 1. The van der Waals surface area contributed by atoms with Crippen LogP contribution in [0.25, 0.3) is 0 Å². The van der Waals surface area contributed by atoms with E-state index in [1.807, 2.05) is 28.0 Å². The average Bonchev–Trinajstić information content (AvgIpc) is 3.06. The van der Waals surface area contributed by atoms with Crippen molar-refractivity contribution in [1.82, 2.24) is 14.8 Å². The van der Waals surface area contributed by atoms with E-state index in [1.165, 1.54) is 0 Å². The number of rotatable bonds is 3. The Morgan fingerprint density at radius 1 is 1.11 bits per heavy atom. The molecule has 2 atom stereocenters. The number of hydrogen-bond acceptors (Lipinski definition) is 4. The highest BCUT2D eigenvalue weighted by molar-refractivity contribution is 5.94. The first-order valence-corrected chi connectivity index (χ1v) is 9.55. The smallest absolute Gasteiger partial charge is 0.322 e. The zero-order chi connectivity index (χ0) is 19.5. The molecule has 28 heavy (non-hydrogen) atoms. The van der Waals surface area contributed by atoms with Crippen LogP contribution in [0.2, 0.25) is 0 Å². The van der Waals surface area contributed by atoms with Gasteiger partial charge in [0.1, 0.15) is 5.75 Å². The normalized spacial score (nSPS) is 21.2. The Bertz CT molecular complexity index is 858. The molecule has 3 aliphatic heterocycles. The molecule has 7 heteroatoms. The van der Waals surface area contributed by atoms with Crippen molar-refractivity contribution in [1.29, 1.82) is 0 Å². The first-order valence-electron chi connectivity index (χ1n) is 9.55. The molecule has 1 N–H and O–H groups in total. The Balaban J connectivity index is 1.47. The third kappa shape index (κ3) is 3.78. The molecule has 3 aliphatic rings. The highest BCUT2D eigenvalue weighted by Crippen LogP contribution is 2.29. The number of aromatic nitrogens is 1. The maximum Gasteiger partial charge on any atom is 0.322 e. The predicted octanol–water partition coefficient (Wildman–Crippen LogP) is 2.86. The van der Waals surface area contributed by atoms with E-state index in [2.05, 4.69) is 10.3 Å². The van der Waals surface area contributed by atoms with Crippen LogP contribution in [0.3, 0.4) is 0 Å². The third-order valence-electron chi connectivity index (χ3n) is 5.51. The maximum absolute atomic E-state index is 12.9. The van der Waals surface area contributed by atoms with Gasteiger partial charge >= 0.3 is 6.03 Å². The molecular formula is C21H24N4O3. The lowest BCUT2D eigenvalue weighted by Crippen LogP contribution is -2.49. The number of benzene rings is 1. The van der Waals surface area contributed by atoms with Gasteiger partial charge in [-0.1, -0.05) is 6.07 Å². The van der Waals surface area contributed by atoms with Crippen LogP contribution in [0, 0.1) is 5.92 Å². The number of urea groups is 1. The van der Waals surface area contributed by atoms with Crippen LogP contribution in [-0.2, 0) is 0 Å². The van der Waals surface area contributed by atoms with Crippen LogP contribution in [0.5, 0.6) is 5.75 Å². The van der Waals surface area contributed by atoms with Crippen LogP contribution in [0.15, 0.2) is 48.8 Å². The molecule has 3 amide bonds. The minimum atomic E-state index is -0.124. The number of carbonyl (C=O) groups excluding carboxylic acids is 2. The van der Waals surface area contributed by atoms with Gasteiger partial charge in [-0.2, -0.15) is 0 Å². The molecule has 2 aromatic rings. The van der Waals surface area contributed by atoms with Crippen molar-refractivity contribution in [2.45, 2.75) is 18.9 Å². The predicted molar refractivity (Wildman–Crippen MR) is 105 cm³/mol. The van der Waals surface area contributed by atoms with E-state index in [-0.39, 0.29) is 18.0 Å². The molecule has 7 nitrogen and oxygen atoms in total. The highest BCUT2D eigenvalue weighted by Gasteiger charge is 2.38. The number of piperidine rings is 1. The molecule has 4 heterocycles. The lowest BCUT2D eigenvalue weighted by molar-refractivity contribution is 0.0743. The van der Waals surface area contributed by atoms with Crippen molar-refractivity contribution in [3.05, 3.63) is 54.4 Å². The minimum Gasteiger partial charge on any atom is -0.497 e. The van der Waals surface area contributed by atoms with Gasteiger partial charge in [0.25, 0.3) is 5.91 Å². The van der Waals surface area contributed by atoms with Gasteiger partial charge in [-0.25, -0.2) is 4.79 Å². The van der Waals surface area contributed by atoms with Crippen molar-refractivity contribution in [3.8, 4) is 5.75 Å². The van der Waals surface area contributed by atoms with Gasteiger partial charge in [-0.3, -0.25) is 9.78 Å². The molecule has 0 saturated carbocycles. The number of fused-ring (bicyclic) bond motifs is 4. The van der Waals surface area contributed by atoms with E-state index in [4.69, 9.17) is 4.74 Å². The van der Waals surface area contributed by atoms with Gasteiger partial charge in [0.05, 0.1) is 13.2 Å². The minimum absolute atomic E-state index is 0.00866.